The summed E-state index contributed by atoms with van der Waals surface area (Å²) in [5, 5.41) is 8.28. The van der Waals surface area contributed by atoms with Gasteiger partial charge in [0.1, 0.15) is 48.4 Å². The number of aromatic amines is 2. The molecule has 2 aromatic carbocycles. The third-order valence-corrected chi connectivity index (χ3v) is 8.41. The van der Waals surface area contributed by atoms with Gasteiger partial charge in [0.05, 0.1) is 22.4 Å². The topological polar surface area (TPSA) is 249 Å². The van der Waals surface area contributed by atoms with E-state index in [-0.39, 0.29) is 60.4 Å². The highest BCUT2D eigenvalue weighted by molar-refractivity contribution is 6.08. The molecule has 4 aromatic heterocycles. The number of hydrogen-bond acceptors (Lipinski definition) is 12. The second kappa shape index (κ2) is 14.6. The van der Waals surface area contributed by atoms with Gasteiger partial charge in [0, 0.05) is 56.4 Å². The summed E-state index contributed by atoms with van der Waals surface area (Å²) in [6.45, 7) is 2.19. The number of anilines is 2. The summed E-state index contributed by atoms with van der Waals surface area (Å²) in [5.74, 6) is 0.534. The Kier molecular flexibility index (Phi) is 9.44. The molecular weight excluding hydrogens is 684 g/mol. The zero-order valence-corrected chi connectivity index (χ0v) is 28.2. The van der Waals surface area contributed by atoms with Gasteiger partial charge in [-0.1, -0.05) is 12.1 Å². The Labute approximate surface area is 300 Å². The molecule has 8 rings (SSSR count). The van der Waals surface area contributed by atoms with Crippen LogP contribution in [0.25, 0.3) is 22.1 Å². The van der Waals surface area contributed by atoms with E-state index in [1.165, 1.54) is 19.6 Å². The number of ether oxygens (including phenoxy) is 2. The van der Waals surface area contributed by atoms with E-state index in [1.807, 2.05) is 30.3 Å². The van der Waals surface area contributed by atoms with Crippen molar-refractivity contribution in [2.45, 2.75) is 32.9 Å². The van der Waals surface area contributed by atoms with Crippen molar-refractivity contribution >= 4 is 62.7 Å². The maximum atomic E-state index is 12.6. The highest BCUT2D eigenvalue weighted by Crippen LogP contribution is 2.26. The van der Waals surface area contributed by atoms with Gasteiger partial charge in [0.25, 0.3) is 11.8 Å². The average molecular weight is 717 g/mol. The quantitative estimate of drug-likeness (QED) is 0.139. The van der Waals surface area contributed by atoms with E-state index in [1.54, 1.807) is 18.5 Å². The first-order valence-corrected chi connectivity index (χ1v) is 16.4. The molecule has 0 radical (unpaired) electrons. The smallest absolute Gasteiger partial charge is 0.272 e. The summed E-state index contributed by atoms with van der Waals surface area (Å²) < 4.78 is 10.7. The SMILES string of the molecule is CC(=O)Nc1c[nH]c2c(C(=O)NCc3ccc4c(c3)CC(=O)CO4)ncnc12.Nc1c[nH]c2c(C(=O)NCc3ccc4c(c3)CC(=O)CO4)ncnc12. The number of nitrogens with one attached hydrogen (secondary N) is 5. The van der Waals surface area contributed by atoms with Gasteiger partial charge < -0.3 is 41.1 Å². The summed E-state index contributed by atoms with van der Waals surface area (Å²) in [6, 6.07) is 11.0. The van der Waals surface area contributed by atoms with Crippen LogP contribution < -0.4 is 31.2 Å². The van der Waals surface area contributed by atoms with Crippen molar-refractivity contribution < 1.29 is 33.4 Å². The average Bonchev–Trinajstić information content (AvgIpc) is 3.75. The van der Waals surface area contributed by atoms with Gasteiger partial charge in [-0.15, -0.1) is 0 Å². The van der Waals surface area contributed by atoms with Crippen LogP contribution in [0.2, 0.25) is 0 Å². The molecule has 0 bridgehead atoms. The van der Waals surface area contributed by atoms with Crippen molar-refractivity contribution in [2.75, 3.05) is 24.3 Å². The fourth-order valence-corrected chi connectivity index (χ4v) is 5.95. The number of nitrogens with two attached hydrogens (primary N) is 1. The molecule has 0 fully saturated rings. The Bertz CT molecular complexity index is 2440. The zero-order valence-electron chi connectivity index (χ0n) is 28.2. The molecule has 17 heteroatoms. The molecule has 7 N–H and O–H groups in total. The monoisotopic (exact) mass is 716 g/mol. The molecule has 268 valence electrons. The number of amides is 3. The van der Waals surface area contributed by atoms with Crippen LogP contribution in [0, 0.1) is 0 Å². The van der Waals surface area contributed by atoms with E-state index < -0.39 is 0 Å². The summed E-state index contributed by atoms with van der Waals surface area (Å²) in [7, 11) is 0. The minimum Gasteiger partial charge on any atom is -0.486 e. The number of fused-ring (bicyclic) bond motifs is 4. The van der Waals surface area contributed by atoms with E-state index >= 15 is 0 Å². The fourth-order valence-electron chi connectivity index (χ4n) is 5.95. The Morgan fingerprint density at radius 1 is 0.736 bits per heavy atom. The Balaban J connectivity index is 0.000000165. The van der Waals surface area contributed by atoms with E-state index in [0.717, 1.165) is 22.3 Å². The number of carbonyl (C=O) groups is 5. The van der Waals surface area contributed by atoms with Gasteiger partial charge in [-0.3, -0.25) is 24.0 Å². The third-order valence-electron chi connectivity index (χ3n) is 8.41. The molecule has 0 saturated carbocycles. The number of aromatic nitrogens is 6. The zero-order chi connectivity index (χ0) is 37.1. The predicted molar refractivity (Wildman–Crippen MR) is 190 cm³/mol. The van der Waals surface area contributed by atoms with Gasteiger partial charge in [-0.25, -0.2) is 19.9 Å². The maximum absolute atomic E-state index is 12.6. The first kappa shape index (κ1) is 34.3. The lowest BCUT2D eigenvalue weighted by atomic mass is 10.0. The van der Waals surface area contributed by atoms with Gasteiger partial charge in [-0.05, 0) is 35.4 Å². The van der Waals surface area contributed by atoms with Crippen LogP contribution in [0.3, 0.4) is 0 Å². The molecule has 17 nitrogen and oxygen atoms in total. The molecule has 3 amide bonds. The molecule has 6 heterocycles. The Hall–Kier alpha value is -7.17. The fraction of sp³-hybridized carbons (Fsp3) is 0.194. The van der Waals surface area contributed by atoms with Crippen LogP contribution in [0.5, 0.6) is 11.5 Å². The van der Waals surface area contributed by atoms with Crippen LogP contribution in [0.4, 0.5) is 11.4 Å². The lowest BCUT2D eigenvalue weighted by Crippen LogP contribution is -2.25. The first-order chi connectivity index (χ1) is 25.6. The minimum atomic E-state index is -0.381. The van der Waals surface area contributed by atoms with Gasteiger partial charge in [0.15, 0.2) is 23.0 Å². The van der Waals surface area contributed by atoms with E-state index in [9.17, 15) is 24.0 Å². The van der Waals surface area contributed by atoms with Gasteiger partial charge in [0.2, 0.25) is 5.91 Å². The highest BCUT2D eigenvalue weighted by Gasteiger charge is 2.20. The molecule has 53 heavy (non-hydrogen) atoms. The molecule has 0 aliphatic carbocycles. The normalized spacial score (nSPS) is 13.2. The third kappa shape index (κ3) is 7.48. The molecule has 0 atom stereocenters. The molecule has 2 aliphatic heterocycles. The molecule has 2 aliphatic rings. The first-order valence-electron chi connectivity index (χ1n) is 16.4. The number of benzene rings is 2. The van der Waals surface area contributed by atoms with Crippen molar-refractivity contribution in [2.24, 2.45) is 0 Å². The maximum Gasteiger partial charge on any atom is 0.272 e. The van der Waals surface area contributed by atoms with Crippen molar-refractivity contribution in [3.05, 3.63) is 95.1 Å². The summed E-state index contributed by atoms with van der Waals surface area (Å²) in [5.41, 5.74) is 12.5. The highest BCUT2D eigenvalue weighted by atomic mass is 16.5. The lowest BCUT2D eigenvalue weighted by molar-refractivity contribution is -0.122. The van der Waals surface area contributed by atoms with Crippen LogP contribution in [-0.4, -0.2) is 72.4 Å². The molecular formula is C36H32N10O7. The second-order valence-corrected chi connectivity index (χ2v) is 12.3. The molecule has 0 unspecified atom stereocenters. The summed E-state index contributed by atoms with van der Waals surface area (Å²) >= 11 is 0. The number of Topliss-reactive ketones (excluding diaryl/α,β-unsaturated/α-hetero) is 2. The number of carbonyl (C=O) groups excluding carboxylic acids is 5. The number of nitrogens with zero attached hydrogens (tertiary/aromatic N) is 4. The Morgan fingerprint density at radius 3 is 1.79 bits per heavy atom. The lowest BCUT2D eigenvalue weighted by Gasteiger charge is -2.17. The van der Waals surface area contributed by atoms with Crippen LogP contribution in [-0.2, 0) is 40.3 Å². The van der Waals surface area contributed by atoms with Crippen LogP contribution in [0.15, 0.2) is 61.4 Å². The van der Waals surface area contributed by atoms with E-state index in [4.69, 9.17) is 15.2 Å². The van der Waals surface area contributed by atoms with E-state index in [0.29, 0.717) is 64.3 Å². The minimum absolute atomic E-state index is 0.0267. The standard InChI is InChI=1S/C19H17N5O4.C17H15N5O3/c1-10(25)24-14-7-20-17-16(14)22-9-23-18(17)19(27)21-6-11-2-3-15-12(4-11)5-13(26)8-28-15;18-12-6-19-15-14(12)21-8-22-16(15)17(24)20-5-9-1-2-13-10(3-9)4-11(23)7-25-13/h2-4,7,9,20H,5-6,8H2,1H3,(H,21,27)(H,24,25);1-3,6,8,19H,4-5,7,18H2,(H,20,24). The second-order valence-electron chi connectivity index (χ2n) is 12.3. The van der Waals surface area contributed by atoms with Gasteiger partial charge >= 0.3 is 0 Å². The summed E-state index contributed by atoms with van der Waals surface area (Å²) in [6.07, 6.45) is 6.42. The van der Waals surface area contributed by atoms with Crippen molar-refractivity contribution in [1.29, 1.82) is 0 Å². The van der Waals surface area contributed by atoms with Crippen LogP contribution in [0.1, 0.15) is 50.2 Å². The van der Waals surface area contributed by atoms with Crippen molar-refractivity contribution in [3.8, 4) is 11.5 Å². The predicted octanol–water partition coefficient (Wildman–Crippen LogP) is 2.32. The largest absolute Gasteiger partial charge is 0.486 e. The summed E-state index contributed by atoms with van der Waals surface area (Å²) in [4.78, 5) is 81.5. The molecule has 0 saturated heterocycles. The van der Waals surface area contributed by atoms with Crippen LogP contribution >= 0.6 is 0 Å². The Morgan fingerprint density at radius 2 is 1.25 bits per heavy atom. The molecule has 6 aromatic rings. The van der Waals surface area contributed by atoms with Crippen molar-refractivity contribution in [1.82, 2.24) is 40.5 Å². The van der Waals surface area contributed by atoms with Gasteiger partial charge in [-0.2, -0.15) is 0 Å². The number of ketones is 2. The number of hydrogen-bond donors (Lipinski definition) is 6. The molecule has 0 spiro atoms. The number of nitrogen functional groups attached to an aromatic ring is 1. The van der Waals surface area contributed by atoms with E-state index in [2.05, 4.69) is 45.9 Å². The van der Waals surface area contributed by atoms with Crippen molar-refractivity contribution in [3.63, 3.8) is 0 Å². The number of H-pyrrole nitrogens is 2. The number of rotatable bonds is 7.